The summed E-state index contributed by atoms with van der Waals surface area (Å²) in [5.41, 5.74) is 5.65. The van der Waals surface area contributed by atoms with Crippen molar-refractivity contribution >= 4 is 29.5 Å². The van der Waals surface area contributed by atoms with Crippen LogP contribution in [-0.4, -0.2) is 28.9 Å². The zero-order chi connectivity index (χ0) is 10.1. The van der Waals surface area contributed by atoms with E-state index in [9.17, 15) is 0 Å². The Labute approximate surface area is 84.1 Å². The number of hydrogen-bond acceptors (Lipinski definition) is 5. The van der Waals surface area contributed by atoms with Crippen molar-refractivity contribution in [3.63, 3.8) is 0 Å². The summed E-state index contributed by atoms with van der Waals surface area (Å²) in [6.45, 7) is 0. The van der Waals surface area contributed by atoms with E-state index in [1.807, 2.05) is 0 Å². The zero-order valence-electron chi connectivity index (χ0n) is 6.44. The van der Waals surface area contributed by atoms with Gasteiger partial charge in [-0.15, -0.1) is 0 Å². The van der Waals surface area contributed by atoms with E-state index in [0.717, 1.165) is 0 Å². The topological polar surface area (TPSA) is 88.6 Å². The van der Waals surface area contributed by atoms with E-state index in [2.05, 4.69) is 25.7 Å². The van der Waals surface area contributed by atoms with Crippen LogP contribution >= 0.6 is 15.9 Å². The zero-order valence-corrected chi connectivity index (χ0v) is 8.02. The molecule has 0 saturated carbocycles. The molecule has 1 aromatic heterocycles. The van der Waals surface area contributed by atoms with Gasteiger partial charge in [0.2, 0.25) is 7.85 Å². The van der Waals surface area contributed by atoms with Gasteiger partial charge in [-0.3, -0.25) is 0 Å². The van der Waals surface area contributed by atoms with Gasteiger partial charge < -0.3 is 20.7 Å². The molecule has 0 fully saturated rings. The maximum atomic E-state index is 8.68. The first-order chi connectivity index (χ1) is 5.88. The van der Waals surface area contributed by atoms with Gasteiger partial charge in [-0.05, 0) is 22.0 Å². The Morgan fingerprint density at radius 1 is 1.62 bits per heavy atom. The van der Waals surface area contributed by atoms with Crippen molar-refractivity contribution in [3.05, 3.63) is 16.9 Å². The molecule has 0 spiro atoms. The van der Waals surface area contributed by atoms with Crippen LogP contribution < -0.4 is 10.5 Å². The van der Waals surface area contributed by atoms with Crippen molar-refractivity contribution in [1.82, 2.24) is 4.98 Å². The molecule has 0 aliphatic rings. The minimum absolute atomic E-state index is 0.00398. The monoisotopic (exact) mass is 244 g/mol. The van der Waals surface area contributed by atoms with Crippen molar-refractivity contribution in [1.29, 1.82) is 0 Å². The molecule has 0 aromatic carbocycles. The predicted octanol–water partition coefficient (Wildman–Crippen LogP) is -0.431. The van der Waals surface area contributed by atoms with Gasteiger partial charge in [0.25, 0.3) is 5.87 Å². The highest BCUT2D eigenvalue weighted by molar-refractivity contribution is 9.10. The summed E-state index contributed by atoms with van der Waals surface area (Å²) >= 11 is 3.07. The van der Waals surface area contributed by atoms with Crippen LogP contribution in [0.15, 0.2) is 16.9 Å². The Morgan fingerprint density at radius 2 is 2.23 bits per heavy atom. The number of nitrogens with two attached hydrogens (primary N) is 1. The minimum atomic E-state index is -2.75. The highest BCUT2D eigenvalue weighted by Crippen LogP contribution is 2.24. The van der Waals surface area contributed by atoms with Gasteiger partial charge in [0.1, 0.15) is 4.60 Å². The molecular weight excluding hydrogens is 239 g/mol. The Morgan fingerprint density at radius 3 is 2.69 bits per heavy atom. The second-order valence-electron chi connectivity index (χ2n) is 2.31. The molecule has 1 heterocycles. The highest BCUT2D eigenvalue weighted by atomic mass is 79.9. The van der Waals surface area contributed by atoms with Gasteiger partial charge in [0.05, 0.1) is 11.9 Å². The first-order valence-corrected chi connectivity index (χ1v) is 4.01. The van der Waals surface area contributed by atoms with Gasteiger partial charge in [0.15, 0.2) is 5.75 Å². The number of halogens is 1. The lowest BCUT2D eigenvalue weighted by molar-refractivity contribution is -0.223. The summed E-state index contributed by atoms with van der Waals surface area (Å²) < 4.78 is 4.98. The second-order valence-corrected chi connectivity index (χ2v) is 3.12. The molecule has 2 radical (unpaired) electrons. The van der Waals surface area contributed by atoms with Gasteiger partial charge >= 0.3 is 0 Å². The van der Waals surface area contributed by atoms with Crippen LogP contribution in [0.5, 0.6) is 5.75 Å². The average Bonchev–Trinajstić information content (AvgIpc) is 1.93. The van der Waals surface area contributed by atoms with Gasteiger partial charge in [-0.25, -0.2) is 4.98 Å². The molecule has 0 bridgehead atoms. The van der Waals surface area contributed by atoms with E-state index in [0.29, 0.717) is 4.60 Å². The molecular formula is C6H6BBrN2O3. The quantitative estimate of drug-likeness (QED) is 0.373. The third kappa shape index (κ3) is 3.21. The van der Waals surface area contributed by atoms with Gasteiger partial charge in [-0.1, -0.05) is 0 Å². The van der Waals surface area contributed by atoms with Crippen molar-refractivity contribution in [2.45, 2.75) is 5.87 Å². The summed E-state index contributed by atoms with van der Waals surface area (Å²) in [5, 5.41) is 17.4. The molecule has 1 aromatic rings. The molecule has 5 nitrogen and oxygen atoms in total. The van der Waals surface area contributed by atoms with Crippen LogP contribution in [0.3, 0.4) is 0 Å². The van der Waals surface area contributed by atoms with Crippen molar-refractivity contribution < 1.29 is 14.9 Å². The highest BCUT2D eigenvalue weighted by Gasteiger charge is 2.17. The summed E-state index contributed by atoms with van der Waals surface area (Å²) in [7, 11) is 4.77. The number of nitrogens with zero attached hydrogens (tertiary/aromatic N) is 1. The van der Waals surface area contributed by atoms with E-state index in [1.54, 1.807) is 0 Å². The number of nitrogen functional groups attached to an aromatic ring is 1. The third-order valence-corrected chi connectivity index (χ3v) is 1.56. The molecule has 0 atom stereocenters. The lowest BCUT2D eigenvalue weighted by atomic mass is 10.1. The number of ether oxygens (including phenoxy) is 1. The molecule has 0 aliphatic carbocycles. The Hall–Kier alpha value is -0.785. The first-order valence-electron chi connectivity index (χ1n) is 3.22. The number of rotatable bonds is 2. The molecule has 0 unspecified atom stereocenters. The Kier molecular flexibility index (Phi) is 2.79. The van der Waals surface area contributed by atoms with Crippen LogP contribution in [0.4, 0.5) is 5.69 Å². The SMILES string of the molecule is [B]C(O)(O)Oc1cnc(Br)cc1N. The van der Waals surface area contributed by atoms with Crippen LogP contribution in [-0.2, 0) is 0 Å². The standard InChI is InChI=1S/C6H6BBrN2O3/c7-6(11,12)13-4-2-10-5(8)1-3(4)9/h1-2,11-12H,(H2,9,10). The summed E-state index contributed by atoms with van der Waals surface area (Å²) in [6.07, 6.45) is 1.22. The Bertz CT molecular complexity index is 315. The lowest BCUT2D eigenvalue weighted by Gasteiger charge is -2.19. The number of aliphatic hydroxyl groups is 2. The molecule has 0 saturated heterocycles. The van der Waals surface area contributed by atoms with Crippen LogP contribution in [0.25, 0.3) is 0 Å². The summed E-state index contributed by atoms with van der Waals surface area (Å²) in [5.74, 6) is -2.75. The lowest BCUT2D eigenvalue weighted by Crippen LogP contribution is -2.35. The largest absolute Gasteiger partial charge is 0.445 e. The Balaban J connectivity index is 2.90. The summed E-state index contributed by atoms with van der Waals surface area (Å²) in [4.78, 5) is 3.76. The number of anilines is 1. The number of pyridine rings is 1. The third-order valence-electron chi connectivity index (χ3n) is 1.12. The van der Waals surface area contributed by atoms with E-state index in [4.69, 9.17) is 23.8 Å². The molecule has 1 rings (SSSR count). The fraction of sp³-hybridized carbons (Fsp3) is 0.167. The normalized spacial score (nSPS) is 11.3. The predicted molar refractivity (Wildman–Crippen MR) is 49.9 cm³/mol. The molecule has 68 valence electrons. The van der Waals surface area contributed by atoms with Crippen molar-refractivity contribution in [2.75, 3.05) is 5.73 Å². The molecule has 7 heteroatoms. The van der Waals surface area contributed by atoms with Crippen LogP contribution in [0.1, 0.15) is 0 Å². The fourth-order valence-electron chi connectivity index (χ4n) is 0.679. The van der Waals surface area contributed by atoms with E-state index in [1.165, 1.54) is 12.3 Å². The smallest absolute Gasteiger partial charge is 0.259 e. The van der Waals surface area contributed by atoms with E-state index < -0.39 is 5.87 Å². The number of aromatic nitrogens is 1. The molecule has 0 aliphatic heterocycles. The number of hydrogen-bond donors (Lipinski definition) is 3. The maximum absolute atomic E-state index is 8.68. The molecule has 4 N–H and O–H groups in total. The first kappa shape index (κ1) is 10.3. The van der Waals surface area contributed by atoms with Crippen molar-refractivity contribution in [2.24, 2.45) is 0 Å². The van der Waals surface area contributed by atoms with E-state index >= 15 is 0 Å². The van der Waals surface area contributed by atoms with Crippen molar-refractivity contribution in [3.8, 4) is 5.75 Å². The summed E-state index contributed by atoms with van der Waals surface area (Å²) in [6, 6.07) is 1.45. The van der Waals surface area contributed by atoms with Gasteiger partial charge in [0, 0.05) is 0 Å². The minimum Gasteiger partial charge on any atom is -0.445 e. The fourth-order valence-corrected chi connectivity index (χ4v) is 1.03. The van der Waals surface area contributed by atoms with Gasteiger partial charge in [-0.2, -0.15) is 0 Å². The molecule has 0 amide bonds. The average molecular weight is 245 g/mol. The second kappa shape index (κ2) is 3.53. The molecule has 13 heavy (non-hydrogen) atoms. The van der Waals surface area contributed by atoms with Crippen LogP contribution in [0.2, 0.25) is 0 Å². The van der Waals surface area contributed by atoms with E-state index in [-0.39, 0.29) is 11.4 Å². The maximum Gasteiger partial charge on any atom is 0.259 e. The van der Waals surface area contributed by atoms with Crippen LogP contribution in [0, 0.1) is 0 Å².